The van der Waals surface area contributed by atoms with Gasteiger partial charge in [0.1, 0.15) is 12.4 Å². The standard InChI is InChI=1S/C15H19N3O3/c1-3-15(16,4-2)10-21-13-8-9-17-14-11(13)6-5-7-12(14)18(19)20/h5-9H,3-4,10,16H2,1-2H3. The zero-order valence-corrected chi connectivity index (χ0v) is 12.2. The molecule has 0 saturated carbocycles. The number of ether oxygens (including phenoxy) is 1. The van der Waals surface area contributed by atoms with Gasteiger partial charge in [-0.25, -0.2) is 4.98 Å². The van der Waals surface area contributed by atoms with Gasteiger partial charge in [-0.1, -0.05) is 19.9 Å². The Morgan fingerprint density at radius 2 is 2.05 bits per heavy atom. The van der Waals surface area contributed by atoms with E-state index in [4.69, 9.17) is 10.5 Å². The van der Waals surface area contributed by atoms with E-state index in [9.17, 15) is 10.1 Å². The van der Waals surface area contributed by atoms with Crippen LogP contribution in [0, 0.1) is 10.1 Å². The summed E-state index contributed by atoms with van der Waals surface area (Å²) in [7, 11) is 0. The molecule has 0 aliphatic heterocycles. The average molecular weight is 289 g/mol. The van der Waals surface area contributed by atoms with Crippen molar-refractivity contribution in [3.05, 3.63) is 40.6 Å². The third-order valence-corrected chi connectivity index (χ3v) is 3.83. The molecule has 2 aromatic rings. The number of rotatable bonds is 6. The van der Waals surface area contributed by atoms with Crippen molar-refractivity contribution < 1.29 is 9.66 Å². The minimum atomic E-state index is -0.440. The van der Waals surface area contributed by atoms with Gasteiger partial charge in [-0.15, -0.1) is 0 Å². The molecule has 2 rings (SSSR count). The summed E-state index contributed by atoms with van der Waals surface area (Å²) in [4.78, 5) is 14.7. The van der Waals surface area contributed by atoms with Gasteiger partial charge < -0.3 is 10.5 Å². The number of hydrogen-bond acceptors (Lipinski definition) is 5. The third kappa shape index (κ3) is 3.11. The molecule has 1 heterocycles. The highest BCUT2D eigenvalue weighted by Crippen LogP contribution is 2.30. The van der Waals surface area contributed by atoms with Gasteiger partial charge in [0.15, 0.2) is 5.52 Å². The van der Waals surface area contributed by atoms with E-state index in [2.05, 4.69) is 4.98 Å². The molecule has 0 saturated heterocycles. The van der Waals surface area contributed by atoms with Crippen molar-refractivity contribution in [2.24, 2.45) is 5.73 Å². The molecule has 0 aliphatic rings. The molecule has 0 radical (unpaired) electrons. The molecule has 1 aromatic carbocycles. The Labute approximate surface area is 123 Å². The second kappa shape index (κ2) is 6.05. The highest BCUT2D eigenvalue weighted by Gasteiger charge is 2.22. The summed E-state index contributed by atoms with van der Waals surface area (Å²) < 4.78 is 5.81. The SMILES string of the molecule is CCC(N)(CC)COc1ccnc2c([N+](=O)[O-])cccc12. The van der Waals surface area contributed by atoms with Crippen molar-refractivity contribution >= 4 is 16.6 Å². The molecular formula is C15H19N3O3. The van der Waals surface area contributed by atoms with Crippen LogP contribution in [0.25, 0.3) is 10.9 Å². The number of nitrogens with two attached hydrogens (primary N) is 1. The number of aromatic nitrogens is 1. The Kier molecular flexibility index (Phi) is 4.37. The summed E-state index contributed by atoms with van der Waals surface area (Å²) in [6.07, 6.45) is 3.11. The smallest absolute Gasteiger partial charge is 0.295 e. The van der Waals surface area contributed by atoms with E-state index in [0.29, 0.717) is 23.3 Å². The molecule has 0 spiro atoms. The summed E-state index contributed by atoms with van der Waals surface area (Å²) in [5.41, 5.74) is 6.13. The highest BCUT2D eigenvalue weighted by molar-refractivity contribution is 5.91. The average Bonchev–Trinajstić information content (AvgIpc) is 2.51. The lowest BCUT2D eigenvalue weighted by Crippen LogP contribution is -2.44. The quantitative estimate of drug-likeness (QED) is 0.652. The third-order valence-electron chi connectivity index (χ3n) is 3.83. The lowest BCUT2D eigenvalue weighted by atomic mass is 9.95. The Hall–Kier alpha value is -2.21. The molecule has 0 fully saturated rings. The van der Waals surface area contributed by atoms with Crippen molar-refractivity contribution in [1.29, 1.82) is 0 Å². The molecule has 6 nitrogen and oxygen atoms in total. The fourth-order valence-corrected chi connectivity index (χ4v) is 2.08. The lowest BCUT2D eigenvalue weighted by Gasteiger charge is -2.26. The number of hydrogen-bond donors (Lipinski definition) is 1. The van der Waals surface area contributed by atoms with Gasteiger partial charge in [-0.3, -0.25) is 10.1 Å². The van der Waals surface area contributed by atoms with Crippen LogP contribution in [0.2, 0.25) is 0 Å². The first-order valence-corrected chi connectivity index (χ1v) is 6.94. The van der Waals surface area contributed by atoms with Crippen LogP contribution in [-0.2, 0) is 0 Å². The number of non-ortho nitro benzene ring substituents is 1. The van der Waals surface area contributed by atoms with E-state index < -0.39 is 10.5 Å². The Morgan fingerprint density at radius 3 is 2.67 bits per heavy atom. The van der Waals surface area contributed by atoms with Crippen LogP contribution < -0.4 is 10.5 Å². The minimum Gasteiger partial charge on any atom is -0.491 e. The summed E-state index contributed by atoms with van der Waals surface area (Å²) in [5.74, 6) is 0.570. The fourth-order valence-electron chi connectivity index (χ4n) is 2.08. The normalized spacial score (nSPS) is 11.6. The molecule has 0 amide bonds. The molecule has 0 atom stereocenters. The molecule has 0 unspecified atom stereocenters. The fraction of sp³-hybridized carbons (Fsp3) is 0.400. The van der Waals surface area contributed by atoms with E-state index >= 15 is 0 Å². The second-order valence-electron chi connectivity index (χ2n) is 5.10. The van der Waals surface area contributed by atoms with Crippen LogP contribution in [0.4, 0.5) is 5.69 Å². The monoisotopic (exact) mass is 289 g/mol. The number of nitro benzene ring substituents is 1. The van der Waals surface area contributed by atoms with E-state index in [0.717, 1.165) is 12.8 Å². The molecule has 21 heavy (non-hydrogen) atoms. The predicted octanol–water partition coefficient (Wildman–Crippen LogP) is 3.04. The van der Waals surface area contributed by atoms with E-state index in [1.165, 1.54) is 12.3 Å². The number of pyridine rings is 1. The Balaban J connectivity index is 2.37. The van der Waals surface area contributed by atoms with Crippen molar-refractivity contribution in [2.75, 3.05) is 6.61 Å². The van der Waals surface area contributed by atoms with Crippen molar-refractivity contribution in [1.82, 2.24) is 4.98 Å². The lowest BCUT2D eigenvalue weighted by molar-refractivity contribution is -0.383. The highest BCUT2D eigenvalue weighted by atomic mass is 16.6. The van der Waals surface area contributed by atoms with Crippen LogP contribution >= 0.6 is 0 Å². The number of nitro groups is 1. The van der Waals surface area contributed by atoms with Crippen LogP contribution in [-0.4, -0.2) is 22.1 Å². The van der Waals surface area contributed by atoms with Crippen LogP contribution in [0.15, 0.2) is 30.5 Å². The number of nitrogens with zero attached hydrogens (tertiary/aromatic N) is 2. The Morgan fingerprint density at radius 1 is 1.33 bits per heavy atom. The molecule has 6 heteroatoms. The van der Waals surface area contributed by atoms with E-state index in [-0.39, 0.29) is 5.69 Å². The number of benzene rings is 1. The van der Waals surface area contributed by atoms with Gasteiger partial charge >= 0.3 is 0 Å². The van der Waals surface area contributed by atoms with Crippen LogP contribution in [0.1, 0.15) is 26.7 Å². The maximum absolute atomic E-state index is 11.0. The van der Waals surface area contributed by atoms with Crippen molar-refractivity contribution in [2.45, 2.75) is 32.2 Å². The van der Waals surface area contributed by atoms with Crippen molar-refractivity contribution in [3.8, 4) is 5.75 Å². The maximum Gasteiger partial charge on any atom is 0.295 e. The second-order valence-corrected chi connectivity index (χ2v) is 5.10. The molecule has 0 bridgehead atoms. The van der Waals surface area contributed by atoms with Crippen LogP contribution in [0.5, 0.6) is 5.75 Å². The zero-order chi connectivity index (χ0) is 15.5. The minimum absolute atomic E-state index is 0.0251. The first kappa shape index (κ1) is 15.2. The molecule has 2 N–H and O–H groups in total. The van der Waals surface area contributed by atoms with Crippen LogP contribution in [0.3, 0.4) is 0 Å². The zero-order valence-electron chi connectivity index (χ0n) is 12.2. The molecule has 1 aromatic heterocycles. The predicted molar refractivity (Wildman–Crippen MR) is 81.4 cm³/mol. The summed E-state index contributed by atoms with van der Waals surface area (Å²) in [5, 5.41) is 11.7. The van der Waals surface area contributed by atoms with Gasteiger partial charge in [-0.2, -0.15) is 0 Å². The number of fused-ring (bicyclic) bond motifs is 1. The first-order chi connectivity index (χ1) is 10.0. The summed E-state index contributed by atoms with van der Waals surface area (Å²) in [6, 6.07) is 6.54. The maximum atomic E-state index is 11.0. The van der Waals surface area contributed by atoms with Gasteiger partial charge in [0.05, 0.1) is 4.92 Å². The van der Waals surface area contributed by atoms with Gasteiger partial charge in [0, 0.05) is 23.2 Å². The molecule has 112 valence electrons. The van der Waals surface area contributed by atoms with E-state index in [1.54, 1.807) is 18.2 Å². The Bertz CT molecular complexity index is 654. The largest absolute Gasteiger partial charge is 0.491 e. The summed E-state index contributed by atoms with van der Waals surface area (Å²) in [6.45, 7) is 4.40. The van der Waals surface area contributed by atoms with Gasteiger partial charge in [0.25, 0.3) is 5.69 Å². The topological polar surface area (TPSA) is 91.3 Å². The molecular weight excluding hydrogens is 270 g/mol. The van der Waals surface area contributed by atoms with Gasteiger partial charge in [0.2, 0.25) is 0 Å². The first-order valence-electron chi connectivity index (χ1n) is 6.94. The number of para-hydroxylation sites is 1. The summed E-state index contributed by atoms with van der Waals surface area (Å²) >= 11 is 0. The van der Waals surface area contributed by atoms with Crippen molar-refractivity contribution in [3.63, 3.8) is 0 Å². The van der Waals surface area contributed by atoms with E-state index in [1.807, 2.05) is 13.8 Å². The molecule has 0 aliphatic carbocycles. The van der Waals surface area contributed by atoms with Gasteiger partial charge in [-0.05, 0) is 25.0 Å².